The number of carbonyl (C=O) groups is 1. The Hall–Kier alpha value is -1.31. The Bertz CT molecular complexity index is 399. The Morgan fingerprint density at radius 2 is 2.00 bits per heavy atom. The molecule has 0 N–H and O–H groups in total. The van der Waals surface area contributed by atoms with Crippen LogP contribution in [-0.4, -0.2) is 23.4 Å². The molecule has 0 radical (unpaired) electrons. The molecular formula is C16H23NO. The summed E-state index contributed by atoms with van der Waals surface area (Å²) in [6.07, 6.45) is 1.76. The molecule has 98 valence electrons. The third kappa shape index (κ3) is 2.92. The van der Waals surface area contributed by atoms with Crippen molar-refractivity contribution in [2.45, 2.75) is 45.6 Å². The molecule has 1 aliphatic heterocycles. The molecule has 0 bridgehead atoms. The lowest BCUT2D eigenvalue weighted by Gasteiger charge is -2.22. The van der Waals surface area contributed by atoms with Crippen molar-refractivity contribution in [3.63, 3.8) is 0 Å². The van der Waals surface area contributed by atoms with Crippen molar-refractivity contribution in [3.05, 3.63) is 35.9 Å². The van der Waals surface area contributed by atoms with Crippen LogP contribution >= 0.6 is 0 Å². The summed E-state index contributed by atoms with van der Waals surface area (Å²) >= 11 is 0. The van der Waals surface area contributed by atoms with Crippen LogP contribution in [-0.2, 0) is 4.79 Å². The summed E-state index contributed by atoms with van der Waals surface area (Å²) in [6, 6.07) is 10.9. The Kier molecular flexibility index (Phi) is 4.05. The molecule has 1 aliphatic rings. The van der Waals surface area contributed by atoms with Crippen LogP contribution < -0.4 is 0 Å². The summed E-state index contributed by atoms with van der Waals surface area (Å²) in [7, 11) is 0. The summed E-state index contributed by atoms with van der Waals surface area (Å²) in [5.74, 6) is 1.27. The molecule has 0 saturated carbocycles. The van der Waals surface area contributed by atoms with Gasteiger partial charge in [0.2, 0.25) is 5.91 Å². The largest absolute Gasteiger partial charge is 0.339 e. The Balaban J connectivity index is 2.03. The minimum Gasteiger partial charge on any atom is -0.339 e. The average Bonchev–Trinajstić information content (AvgIpc) is 2.72. The molecule has 1 fully saturated rings. The van der Waals surface area contributed by atoms with E-state index in [2.05, 4.69) is 49.9 Å². The smallest absolute Gasteiger partial charge is 0.223 e. The number of hydrogen-bond donors (Lipinski definition) is 0. The number of hydrogen-bond acceptors (Lipinski definition) is 1. The molecule has 1 aromatic rings. The monoisotopic (exact) mass is 245 g/mol. The van der Waals surface area contributed by atoms with Crippen molar-refractivity contribution < 1.29 is 4.79 Å². The van der Waals surface area contributed by atoms with Crippen LogP contribution in [0, 0.1) is 5.92 Å². The van der Waals surface area contributed by atoms with Gasteiger partial charge in [-0.3, -0.25) is 4.79 Å². The highest BCUT2D eigenvalue weighted by atomic mass is 16.2. The van der Waals surface area contributed by atoms with Crippen LogP contribution in [0.4, 0.5) is 0 Å². The molecule has 1 heterocycles. The van der Waals surface area contributed by atoms with Crippen LogP contribution in [0.1, 0.15) is 45.1 Å². The predicted octanol–water partition coefficient (Wildman–Crippen LogP) is 3.44. The van der Waals surface area contributed by atoms with Gasteiger partial charge in [-0.1, -0.05) is 44.2 Å². The van der Waals surface area contributed by atoms with Gasteiger partial charge in [-0.05, 0) is 24.8 Å². The average molecular weight is 245 g/mol. The predicted molar refractivity (Wildman–Crippen MR) is 74.4 cm³/mol. The number of amides is 1. The van der Waals surface area contributed by atoms with Crippen molar-refractivity contribution in [3.8, 4) is 0 Å². The van der Waals surface area contributed by atoms with Gasteiger partial charge in [-0.15, -0.1) is 0 Å². The van der Waals surface area contributed by atoms with Crippen LogP contribution in [0.2, 0.25) is 0 Å². The highest BCUT2D eigenvalue weighted by Crippen LogP contribution is 2.32. The van der Waals surface area contributed by atoms with E-state index < -0.39 is 0 Å². The Labute approximate surface area is 110 Å². The molecule has 1 amide bonds. The van der Waals surface area contributed by atoms with Crippen molar-refractivity contribution in [2.75, 3.05) is 6.54 Å². The van der Waals surface area contributed by atoms with Crippen LogP contribution in [0.25, 0.3) is 0 Å². The van der Waals surface area contributed by atoms with E-state index in [0.29, 0.717) is 30.2 Å². The van der Waals surface area contributed by atoms with Gasteiger partial charge in [0.05, 0.1) is 0 Å². The molecule has 2 nitrogen and oxygen atoms in total. The molecule has 2 unspecified atom stereocenters. The standard InChI is InChI=1S/C16H23NO/c1-12(2)9-16(18)17-11-15(10-13(17)3)14-7-5-4-6-8-14/h4-8,12-13,15H,9-11H2,1-3H3. The highest BCUT2D eigenvalue weighted by Gasteiger charge is 2.32. The zero-order valence-electron chi connectivity index (χ0n) is 11.6. The molecule has 1 aromatic carbocycles. The first-order valence-electron chi connectivity index (χ1n) is 6.92. The van der Waals surface area contributed by atoms with Crippen molar-refractivity contribution in [2.24, 2.45) is 5.92 Å². The summed E-state index contributed by atoms with van der Waals surface area (Å²) in [5.41, 5.74) is 1.36. The maximum absolute atomic E-state index is 12.2. The lowest BCUT2D eigenvalue weighted by Crippen LogP contribution is -2.34. The number of nitrogens with zero attached hydrogens (tertiary/aromatic N) is 1. The van der Waals surface area contributed by atoms with E-state index in [0.717, 1.165) is 13.0 Å². The van der Waals surface area contributed by atoms with Crippen LogP contribution in [0.3, 0.4) is 0 Å². The second-order valence-corrected chi connectivity index (χ2v) is 5.84. The summed E-state index contributed by atoms with van der Waals surface area (Å²) in [6.45, 7) is 7.26. The highest BCUT2D eigenvalue weighted by molar-refractivity contribution is 5.77. The van der Waals surface area contributed by atoms with Gasteiger partial charge in [0.1, 0.15) is 0 Å². The van der Waals surface area contributed by atoms with Crippen LogP contribution in [0.15, 0.2) is 30.3 Å². The van der Waals surface area contributed by atoms with Crippen molar-refractivity contribution in [1.82, 2.24) is 4.90 Å². The first-order chi connectivity index (χ1) is 8.58. The van der Waals surface area contributed by atoms with E-state index in [9.17, 15) is 4.79 Å². The van der Waals surface area contributed by atoms with Crippen molar-refractivity contribution >= 4 is 5.91 Å². The van der Waals surface area contributed by atoms with E-state index in [1.165, 1.54) is 5.56 Å². The molecule has 2 atom stereocenters. The molecule has 2 rings (SSSR count). The van der Waals surface area contributed by atoms with E-state index in [4.69, 9.17) is 0 Å². The van der Waals surface area contributed by atoms with Gasteiger partial charge in [0.15, 0.2) is 0 Å². The van der Waals surface area contributed by atoms with Crippen molar-refractivity contribution in [1.29, 1.82) is 0 Å². The van der Waals surface area contributed by atoms with Gasteiger partial charge < -0.3 is 4.90 Å². The molecular weight excluding hydrogens is 222 g/mol. The fourth-order valence-electron chi connectivity index (χ4n) is 2.81. The molecule has 1 saturated heterocycles. The van der Waals surface area contributed by atoms with Gasteiger partial charge in [-0.2, -0.15) is 0 Å². The number of rotatable bonds is 3. The molecule has 0 spiro atoms. The van der Waals surface area contributed by atoms with Gasteiger partial charge in [0.25, 0.3) is 0 Å². The summed E-state index contributed by atoms with van der Waals surface area (Å²) in [5, 5.41) is 0. The third-order valence-corrected chi connectivity index (χ3v) is 3.75. The van der Waals surface area contributed by atoms with E-state index in [1.807, 2.05) is 6.07 Å². The second-order valence-electron chi connectivity index (χ2n) is 5.84. The SMILES string of the molecule is CC(C)CC(=O)N1CC(c2ccccc2)CC1C. The first kappa shape index (κ1) is 13.1. The van der Waals surface area contributed by atoms with E-state index >= 15 is 0 Å². The molecule has 0 aromatic heterocycles. The van der Waals surface area contributed by atoms with Gasteiger partial charge in [0, 0.05) is 24.9 Å². The second kappa shape index (κ2) is 5.55. The minimum atomic E-state index is 0.316. The lowest BCUT2D eigenvalue weighted by molar-refractivity contribution is -0.132. The lowest BCUT2D eigenvalue weighted by atomic mass is 9.97. The number of carbonyl (C=O) groups excluding carboxylic acids is 1. The molecule has 18 heavy (non-hydrogen) atoms. The zero-order valence-corrected chi connectivity index (χ0v) is 11.6. The zero-order chi connectivity index (χ0) is 13.1. The quantitative estimate of drug-likeness (QED) is 0.799. The third-order valence-electron chi connectivity index (χ3n) is 3.75. The van der Waals surface area contributed by atoms with E-state index in [-0.39, 0.29) is 0 Å². The Morgan fingerprint density at radius 1 is 1.33 bits per heavy atom. The first-order valence-corrected chi connectivity index (χ1v) is 6.92. The Morgan fingerprint density at radius 3 is 2.61 bits per heavy atom. The normalized spacial score (nSPS) is 23.7. The molecule has 0 aliphatic carbocycles. The summed E-state index contributed by atoms with van der Waals surface area (Å²) in [4.78, 5) is 14.2. The van der Waals surface area contributed by atoms with Gasteiger partial charge >= 0.3 is 0 Å². The van der Waals surface area contributed by atoms with Gasteiger partial charge in [-0.25, -0.2) is 0 Å². The fraction of sp³-hybridized carbons (Fsp3) is 0.562. The fourth-order valence-corrected chi connectivity index (χ4v) is 2.81. The molecule has 2 heteroatoms. The number of likely N-dealkylation sites (tertiary alicyclic amines) is 1. The van der Waals surface area contributed by atoms with E-state index in [1.54, 1.807) is 0 Å². The topological polar surface area (TPSA) is 20.3 Å². The minimum absolute atomic E-state index is 0.316. The number of benzene rings is 1. The maximum atomic E-state index is 12.2. The maximum Gasteiger partial charge on any atom is 0.223 e. The summed E-state index contributed by atoms with van der Waals surface area (Å²) < 4.78 is 0. The van der Waals surface area contributed by atoms with Crippen LogP contribution in [0.5, 0.6) is 0 Å².